The van der Waals surface area contributed by atoms with Gasteiger partial charge in [-0.25, -0.2) is 14.6 Å². The summed E-state index contributed by atoms with van der Waals surface area (Å²) in [6.07, 6.45) is 5.49. The first kappa shape index (κ1) is 22.5. The maximum Gasteiger partial charge on any atom is 0.246 e. The number of nitrogen functional groups attached to an aromatic ring is 1. The minimum Gasteiger partial charge on any atom is -0.457 e. The molecule has 2 aromatic heterocycles. The molecule has 0 saturated carbocycles. The topological polar surface area (TPSA) is 108 Å². The highest BCUT2D eigenvalue weighted by Crippen LogP contribution is 2.35. The van der Waals surface area contributed by atoms with Crippen LogP contribution in [0.1, 0.15) is 12.5 Å². The lowest BCUT2D eigenvalue weighted by Crippen LogP contribution is -2.27. The standard InChI is InChI=1S/C26H26N6O3/c1-34-15-5-8-22(33)31-14-13-19(16-31)32-26-23(25(27)28-17-29-26)24(30-32)18-9-11-21(12-10-18)35-20-6-3-2-4-7-20/h2-12,17,19H,13-16H2,1H3,(H2,27,28,29)/b8-5+. The third kappa shape index (κ3) is 4.71. The summed E-state index contributed by atoms with van der Waals surface area (Å²) >= 11 is 0. The fourth-order valence-corrected chi connectivity index (χ4v) is 4.25. The van der Waals surface area contributed by atoms with E-state index in [-0.39, 0.29) is 11.9 Å². The van der Waals surface area contributed by atoms with E-state index < -0.39 is 0 Å². The summed E-state index contributed by atoms with van der Waals surface area (Å²) in [5.41, 5.74) is 8.51. The average molecular weight is 471 g/mol. The number of hydrogen-bond donors (Lipinski definition) is 1. The lowest BCUT2D eigenvalue weighted by Gasteiger charge is -2.15. The number of anilines is 1. The SMILES string of the molecule is COC/C=C/C(=O)N1CCC(n2nc(-c3ccc(Oc4ccccc4)cc3)c3c(N)ncnc32)C1. The van der Waals surface area contributed by atoms with Crippen LogP contribution in [0, 0.1) is 0 Å². The van der Waals surface area contributed by atoms with Crippen molar-refractivity contribution in [3.8, 4) is 22.8 Å². The molecule has 1 aliphatic rings. The summed E-state index contributed by atoms with van der Waals surface area (Å²) < 4.78 is 12.8. The van der Waals surface area contributed by atoms with Gasteiger partial charge in [-0.2, -0.15) is 5.10 Å². The third-order valence-electron chi connectivity index (χ3n) is 5.97. The van der Waals surface area contributed by atoms with Gasteiger partial charge in [-0.15, -0.1) is 0 Å². The first-order chi connectivity index (χ1) is 17.1. The number of fused-ring (bicyclic) bond motifs is 1. The van der Waals surface area contributed by atoms with Gasteiger partial charge in [0.1, 0.15) is 29.3 Å². The minimum absolute atomic E-state index is 0.0130. The number of carbonyl (C=O) groups is 1. The normalized spacial score (nSPS) is 15.8. The van der Waals surface area contributed by atoms with E-state index in [1.54, 1.807) is 19.3 Å². The molecule has 2 N–H and O–H groups in total. The Hall–Kier alpha value is -4.24. The fourth-order valence-electron chi connectivity index (χ4n) is 4.25. The molecule has 1 amide bonds. The Kier molecular flexibility index (Phi) is 6.40. The van der Waals surface area contributed by atoms with E-state index in [0.717, 1.165) is 23.5 Å². The van der Waals surface area contributed by atoms with Gasteiger partial charge in [0.25, 0.3) is 0 Å². The van der Waals surface area contributed by atoms with E-state index in [4.69, 9.17) is 20.3 Å². The maximum atomic E-state index is 12.5. The number of methoxy groups -OCH3 is 1. The van der Waals surface area contributed by atoms with Crippen LogP contribution in [0.3, 0.4) is 0 Å². The van der Waals surface area contributed by atoms with Gasteiger partial charge in [0.2, 0.25) is 5.91 Å². The first-order valence-electron chi connectivity index (χ1n) is 11.4. The monoisotopic (exact) mass is 470 g/mol. The molecule has 9 heteroatoms. The van der Waals surface area contributed by atoms with Crippen molar-refractivity contribution in [2.75, 3.05) is 32.5 Å². The van der Waals surface area contributed by atoms with E-state index >= 15 is 0 Å². The molecule has 0 bridgehead atoms. The highest BCUT2D eigenvalue weighted by Gasteiger charge is 2.30. The summed E-state index contributed by atoms with van der Waals surface area (Å²) in [5, 5.41) is 5.61. The van der Waals surface area contributed by atoms with Gasteiger partial charge in [0, 0.05) is 31.8 Å². The molecule has 35 heavy (non-hydrogen) atoms. The molecular weight excluding hydrogens is 444 g/mol. The summed E-state index contributed by atoms with van der Waals surface area (Å²) in [7, 11) is 1.60. The largest absolute Gasteiger partial charge is 0.457 e. The number of para-hydroxylation sites is 1. The van der Waals surface area contributed by atoms with Crippen LogP contribution in [0.15, 0.2) is 73.1 Å². The van der Waals surface area contributed by atoms with Crippen molar-refractivity contribution >= 4 is 22.8 Å². The van der Waals surface area contributed by atoms with E-state index in [0.29, 0.717) is 42.2 Å². The number of ether oxygens (including phenoxy) is 2. The van der Waals surface area contributed by atoms with Gasteiger partial charge in [-0.3, -0.25) is 4.79 Å². The van der Waals surface area contributed by atoms with Crippen molar-refractivity contribution in [1.82, 2.24) is 24.6 Å². The molecule has 5 rings (SSSR count). The highest BCUT2D eigenvalue weighted by molar-refractivity contribution is 5.98. The van der Waals surface area contributed by atoms with Crippen LogP contribution in [-0.2, 0) is 9.53 Å². The number of nitrogens with two attached hydrogens (primary N) is 1. The molecule has 178 valence electrons. The lowest BCUT2D eigenvalue weighted by molar-refractivity contribution is -0.125. The zero-order valence-electron chi connectivity index (χ0n) is 19.4. The van der Waals surface area contributed by atoms with E-state index in [1.165, 1.54) is 6.33 Å². The summed E-state index contributed by atoms with van der Waals surface area (Å²) in [6.45, 7) is 1.59. The second-order valence-corrected chi connectivity index (χ2v) is 8.27. The van der Waals surface area contributed by atoms with E-state index in [2.05, 4.69) is 9.97 Å². The Labute approximate surface area is 202 Å². The van der Waals surface area contributed by atoms with Crippen LogP contribution in [0.4, 0.5) is 5.82 Å². The molecule has 3 heterocycles. The number of likely N-dealkylation sites (tertiary alicyclic amines) is 1. The number of hydrogen-bond acceptors (Lipinski definition) is 7. The van der Waals surface area contributed by atoms with Crippen LogP contribution in [-0.4, -0.2) is 57.4 Å². The summed E-state index contributed by atoms with van der Waals surface area (Å²) in [5.74, 6) is 1.82. The third-order valence-corrected chi connectivity index (χ3v) is 5.97. The predicted molar refractivity (Wildman–Crippen MR) is 133 cm³/mol. The van der Waals surface area contributed by atoms with Crippen LogP contribution >= 0.6 is 0 Å². The second kappa shape index (κ2) is 9.94. The smallest absolute Gasteiger partial charge is 0.246 e. The zero-order chi connectivity index (χ0) is 24.2. The first-order valence-corrected chi connectivity index (χ1v) is 11.4. The van der Waals surface area contributed by atoms with E-state index in [1.807, 2.05) is 64.2 Å². The fraction of sp³-hybridized carbons (Fsp3) is 0.231. The molecule has 4 aromatic rings. The molecule has 0 spiro atoms. The predicted octanol–water partition coefficient (Wildman–Crippen LogP) is 3.84. The Morgan fingerprint density at radius 3 is 2.66 bits per heavy atom. The molecule has 0 radical (unpaired) electrons. The Balaban J connectivity index is 1.42. The van der Waals surface area contributed by atoms with Crippen LogP contribution in [0.5, 0.6) is 11.5 Å². The second-order valence-electron chi connectivity index (χ2n) is 8.27. The number of rotatable bonds is 7. The molecule has 9 nitrogen and oxygen atoms in total. The average Bonchev–Trinajstić information content (AvgIpc) is 3.51. The highest BCUT2D eigenvalue weighted by atomic mass is 16.5. The van der Waals surface area contributed by atoms with Crippen molar-refractivity contribution in [3.63, 3.8) is 0 Å². The molecule has 2 aromatic carbocycles. The van der Waals surface area contributed by atoms with Crippen LogP contribution in [0.25, 0.3) is 22.3 Å². The number of amides is 1. The van der Waals surface area contributed by atoms with Gasteiger partial charge >= 0.3 is 0 Å². The zero-order valence-corrected chi connectivity index (χ0v) is 19.4. The number of aromatic nitrogens is 4. The molecule has 1 unspecified atom stereocenters. The minimum atomic E-state index is -0.0376. The van der Waals surface area contributed by atoms with Gasteiger partial charge in [0.05, 0.1) is 18.0 Å². The van der Waals surface area contributed by atoms with Gasteiger partial charge < -0.3 is 20.1 Å². The molecular formula is C26H26N6O3. The van der Waals surface area contributed by atoms with Crippen molar-refractivity contribution < 1.29 is 14.3 Å². The quantitative estimate of drug-likeness (QED) is 0.409. The van der Waals surface area contributed by atoms with E-state index in [9.17, 15) is 4.79 Å². The number of benzene rings is 2. The van der Waals surface area contributed by atoms with Crippen molar-refractivity contribution in [2.24, 2.45) is 0 Å². The molecule has 1 fully saturated rings. The van der Waals surface area contributed by atoms with Crippen molar-refractivity contribution in [3.05, 3.63) is 73.1 Å². The Morgan fingerprint density at radius 1 is 1.11 bits per heavy atom. The van der Waals surface area contributed by atoms with Gasteiger partial charge in [-0.1, -0.05) is 24.3 Å². The number of carbonyl (C=O) groups excluding carboxylic acids is 1. The number of nitrogens with zero attached hydrogens (tertiary/aromatic N) is 5. The Morgan fingerprint density at radius 2 is 1.89 bits per heavy atom. The molecule has 1 saturated heterocycles. The summed E-state index contributed by atoms with van der Waals surface area (Å²) in [6, 6.07) is 17.3. The van der Waals surface area contributed by atoms with Gasteiger partial charge in [-0.05, 0) is 42.8 Å². The summed E-state index contributed by atoms with van der Waals surface area (Å²) in [4.78, 5) is 23.0. The lowest BCUT2D eigenvalue weighted by atomic mass is 10.1. The molecule has 0 aliphatic carbocycles. The van der Waals surface area contributed by atoms with Gasteiger partial charge in [0.15, 0.2) is 5.65 Å². The van der Waals surface area contributed by atoms with Crippen molar-refractivity contribution in [1.29, 1.82) is 0 Å². The maximum absolute atomic E-state index is 12.5. The molecule has 1 aliphatic heterocycles. The molecule has 1 atom stereocenters. The van der Waals surface area contributed by atoms with Crippen molar-refractivity contribution in [2.45, 2.75) is 12.5 Å². The van der Waals surface area contributed by atoms with Crippen LogP contribution in [0.2, 0.25) is 0 Å². The Bertz CT molecular complexity index is 1350. The van der Waals surface area contributed by atoms with Crippen LogP contribution < -0.4 is 10.5 Å².